The molecule has 0 atom stereocenters. The van der Waals surface area contributed by atoms with Gasteiger partial charge >= 0.3 is 0 Å². The summed E-state index contributed by atoms with van der Waals surface area (Å²) in [5.74, 6) is 0.758. The van der Waals surface area contributed by atoms with Crippen LogP contribution in [0.4, 0.5) is 0 Å². The Kier molecular flexibility index (Phi) is 2.90. The minimum absolute atomic E-state index is 0.492. The minimum Gasteiger partial charge on any atom is -0.487 e. The van der Waals surface area contributed by atoms with Crippen LogP contribution in [0, 0.1) is 0 Å². The van der Waals surface area contributed by atoms with Gasteiger partial charge in [0, 0.05) is 23.3 Å². The third-order valence-electron chi connectivity index (χ3n) is 2.78. The maximum atomic E-state index is 6.11. The SMILES string of the molecule is Clc1cccc2c(COc3cccnc3)c[nH]c12. The van der Waals surface area contributed by atoms with Gasteiger partial charge in [0.1, 0.15) is 12.4 Å². The summed E-state index contributed by atoms with van der Waals surface area (Å²) in [6.07, 6.45) is 5.34. The number of hydrogen-bond acceptors (Lipinski definition) is 2. The van der Waals surface area contributed by atoms with Crippen molar-refractivity contribution in [3.63, 3.8) is 0 Å². The van der Waals surface area contributed by atoms with Crippen molar-refractivity contribution in [2.45, 2.75) is 6.61 Å². The number of H-pyrrole nitrogens is 1. The first-order valence-corrected chi connectivity index (χ1v) is 6.00. The molecule has 90 valence electrons. The molecule has 4 heteroatoms. The number of fused-ring (bicyclic) bond motifs is 1. The maximum absolute atomic E-state index is 6.11. The summed E-state index contributed by atoms with van der Waals surface area (Å²) >= 11 is 6.11. The number of hydrogen-bond donors (Lipinski definition) is 1. The molecule has 0 amide bonds. The molecule has 3 nitrogen and oxygen atoms in total. The van der Waals surface area contributed by atoms with Crippen molar-refractivity contribution in [3.05, 3.63) is 59.5 Å². The zero-order chi connectivity index (χ0) is 12.4. The fourth-order valence-corrected chi connectivity index (χ4v) is 2.12. The normalized spacial score (nSPS) is 10.7. The van der Waals surface area contributed by atoms with Gasteiger partial charge in [0.15, 0.2) is 0 Å². The van der Waals surface area contributed by atoms with Crippen molar-refractivity contribution in [2.75, 3.05) is 0 Å². The molecule has 1 N–H and O–H groups in total. The Hall–Kier alpha value is -2.00. The zero-order valence-electron chi connectivity index (χ0n) is 9.56. The molecule has 0 spiro atoms. The Labute approximate surface area is 109 Å². The Balaban J connectivity index is 1.85. The molecule has 18 heavy (non-hydrogen) atoms. The van der Waals surface area contributed by atoms with Crippen LogP contribution in [-0.2, 0) is 6.61 Å². The van der Waals surface area contributed by atoms with E-state index in [2.05, 4.69) is 9.97 Å². The van der Waals surface area contributed by atoms with E-state index in [9.17, 15) is 0 Å². The summed E-state index contributed by atoms with van der Waals surface area (Å²) in [5.41, 5.74) is 2.03. The second-order valence-corrected chi connectivity index (χ2v) is 4.36. The summed E-state index contributed by atoms with van der Waals surface area (Å²) in [7, 11) is 0. The first-order chi connectivity index (χ1) is 8.84. The van der Waals surface area contributed by atoms with E-state index in [1.807, 2.05) is 36.5 Å². The number of pyridine rings is 1. The highest BCUT2D eigenvalue weighted by Gasteiger charge is 2.06. The van der Waals surface area contributed by atoms with Crippen molar-refractivity contribution in [1.82, 2.24) is 9.97 Å². The van der Waals surface area contributed by atoms with Crippen LogP contribution in [0.25, 0.3) is 10.9 Å². The van der Waals surface area contributed by atoms with Crippen LogP contribution in [0.1, 0.15) is 5.56 Å². The average molecular weight is 259 g/mol. The van der Waals surface area contributed by atoms with Crippen LogP contribution in [0.3, 0.4) is 0 Å². The van der Waals surface area contributed by atoms with Crippen molar-refractivity contribution >= 4 is 22.5 Å². The molecule has 3 aromatic rings. The van der Waals surface area contributed by atoms with Gasteiger partial charge in [-0.1, -0.05) is 23.7 Å². The molecule has 0 radical (unpaired) electrons. The lowest BCUT2D eigenvalue weighted by Gasteiger charge is -2.04. The zero-order valence-corrected chi connectivity index (χ0v) is 10.3. The van der Waals surface area contributed by atoms with E-state index in [0.29, 0.717) is 6.61 Å². The van der Waals surface area contributed by atoms with E-state index in [-0.39, 0.29) is 0 Å². The first-order valence-electron chi connectivity index (χ1n) is 5.62. The predicted octanol–water partition coefficient (Wildman–Crippen LogP) is 3.80. The number of aromatic amines is 1. The molecule has 0 fully saturated rings. The molecule has 0 unspecified atom stereocenters. The summed E-state index contributed by atoms with van der Waals surface area (Å²) in [6.45, 7) is 0.492. The lowest BCUT2D eigenvalue weighted by atomic mass is 10.2. The Morgan fingerprint density at radius 1 is 1.22 bits per heavy atom. The summed E-state index contributed by atoms with van der Waals surface area (Å²) in [4.78, 5) is 7.17. The van der Waals surface area contributed by atoms with Gasteiger partial charge in [-0.3, -0.25) is 4.98 Å². The van der Waals surface area contributed by atoms with Gasteiger partial charge in [0.05, 0.1) is 16.7 Å². The fraction of sp³-hybridized carbons (Fsp3) is 0.0714. The fourth-order valence-electron chi connectivity index (χ4n) is 1.89. The minimum atomic E-state index is 0.492. The third-order valence-corrected chi connectivity index (χ3v) is 3.09. The second-order valence-electron chi connectivity index (χ2n) is 3.95. The predicted molar refractivity (Wildman–Crippen MR) is 71.9 cm³/mol. The number of benzene rings is 1. The molecule has 3 rings (SSSR count). The smallest absolute Gasteiger partial charge is 0.138 e. The Morgan fingerprint density at radius 3 is 3.00 bits per heavy atom. The Morgan fingerprint density at radius 2 is 2.17 bits per heavy atom. The van der Waals surface area contributed by atoms with Crippen molar-refractivity contribution in [3.8, 4) is 5.75 Å². The van der Waals surface area contributed by atoms with E-state index in [4.69, 9.17) is 16.3 Å². The van der Waals surface area contributed by atoms with Gasteiger partial charge in [-0.05, 0) is 18.2 Å². The lowest BCUT2D eigenvalue weighted by molar-refractivity contribution is 0.306. The molecule has 2 heterocycles. The molecule has 0 saturated carbocycles. The van der Waals surface area contributed by atoms with Crippen molar-refractivity contribution < 1.29 is 4.74 Å². The van der Waals surface area contributed by atoms with Crippen LogP contribution in [0.5, 0.6) is 5.75 Å². The van der Waals surface area contributed by atoms with Crippen LogP contribution in [0.15, 0.2) is 48.9 Å². The van der Waals surface area contributed by atoms with Crippen LogP contribution in [0.2, 0.25) is 5.02 Å². The number of nitrogens with zero attached hydrogens (tertiary/aromatic N) is 1. The van der Waals surface area contributed by atoms with E-state index in [1.54, 1.807) is 12.4 Å². The number of rotatable bonds is 3. The second kappa shape index (κ2) is 4.70. The van der Waals surface area contributed by atoms with Crippen LogP contribution < -0.4 is 4.74 Å². The van der Waals surface area contributed by atoms with Crippen molar-refractivity contribution in [2.24, 2.45) is 0 Å². The van der Waals surface area contributed by atoms with Gasteiger partial charge in [-0.15, -0.1) is 0 Å². The van der Waals surface area contributed by atoms with Gasteiger partial charge in [0.25, 0.3) is 0 Å². The number of nitrogens with one attached hydrogen (secondary N) is 1. The third kappa shape index (κ3) is 2.05. The number of para-hydroxylation sites is 1. The molecular formula is C14H11ClN2O. The number of aromatic nitrogens is 2. The molecular weight excluding hydrogens is 248 g/mol. The largest absolute Gasteiger partial charge is 0.487 e. The van der Waals surface area contributed by atoms with E-state index < -0.39 is 0 Å². The van der Waals surface area contributed by atoms with Crippen molar-refractivity contribution in [1.29, 1.82) is 0 Å². The number of ether oxygens (including phenoxy) is 1. The van der Waals surface area contributed by atoms with E-state index in [0.717, 1.165) is 27.2 Å². The monoisotopic (exact) mass is 258 g/mol. The van der Waals surface area contributed by atoms with Crippen LogP contribution in [-0.4, -0.2) is 9.97 Å². The Bertz CT molecular complexity index is 664. The highest BCUT2D eigenvalue weighted by Crippen LogP contribution is 2.25. The molecule has 2 aromatic heterocycles. The topological polar surface area (TPSA) is 37.9 Å². The van der Waals surface area contributed by atoms with Gasteiger partial charge in [-0.2, -0.15) is 0 Å². The molecule has 0 saturated heterocycles. The standard InChI is InChI=1S/C14H11ClN2O/c15-13-5-1-4-12-10(7-17-14(12)13)9-18-11-3-2-6-16-8-11/h1-8,17H,9H2. The molecule has 1 aromatic carbocycles. The number of halogens is 1. The summed E-state index contributed by atoms with van der Waals surface area (Å²) in [5, 5.41) is 1.81. The van der Waals surface area contributed by atoms with Gasteiger partial charge in [-0.25, -0.2) is 0 Å². The highest BCUT2D eigenvalue weighted by molar-refractivity contribution is 6.35. The molecule has 0 aliphatic carbocycles. The molecule has 0 bridgehead atoms. The summed E-state index contributed by atoms with van der Waals surface area (Å²) < 4.78 is 5.67. The van der Waals surface area contributed by atoms with E-state index in [1.165, 1.54) is 0 Å². The average Bonchev–Trinajstić information content (AvgIpc) is 2.82. The van der Waals surface area contributed by atoms with E-state index >= 15 is 0 Å². The quantitative estimate of drug-likeness (QED) is 0.776. The lowest BCUT2D eigenvalue weighted by Crippen LogP contribution is -1.94. The van der Waals surface area contributed by atoms with Gasteiger partial charge < -0.3 is 9.72 Å². The maximum Gasteiger partial charge on any atom is 0.138 e. The van der Waals surface area contributed by atoms with Gasteiger partial charge in [0.2, 0.25) is 0 Å². The highest BCUT2D eigenvalue weighted by atomic mass is 35.5. The molecule has 0 aliphatic heterocycles. The first kappa shape index (κ1) is 11.1. The van der Waals surface area contributed by atoms with Crippen LogP contribution >= 0.6 is 11.6 Å². The summed E-state index contributed by atoms with van der Waals surface area (Å²) in [6, 6.07) is 9.56. The molecule has 0 aliphatic rings.